The van der Waals surface area contributed by atoms with E-state index in [2.05, 4.69) is 24.5 Å². The summed E-state index contributed by atoms with van der Waals surface area (Å²) in [7, 11) is 0. The number of benzene rings is 1. The van der Waals surface area contributed by atoms with E-state index in [1.165, 1.54) is 12.2 Å². The highest BCUT2D eigenvalue weighted by atomic mass is 16.8. The van der Waals surface area contributed by atoms with Crippen molar-refractivity contribution >= 4 is 41.8 Å². The number of unbranched alkanes of at least 4 members (excludes halogenated alkanes) is 4. The van der Waals surface area contributed by atoms with E-state index in [0.717, 1.165) is 38.5 Å². The van der Waals surface area contributed by atoms with Crippen LogP contribution in [0, 0.1) is 5.41 Å². The molecular formula is C46H66N2O13. The van der Waals surface area contributed by atoms with Crippen molar-refractivity contribution in [1.82, 2.24) is 10.6 Å². The first kappa shape index (κ1) is 49.1. The van der Waals surface area contributed by atoms with E-state index >= 15 is 0 Å². The maximum atomic E-state index is 13.8. The van der Waals surface area contributed by atoms with Crippen LogP contribution in [0.5, 0.6) is 0 Å². The molecule has 15 nitrogen and oxygen atoms in total. The van der Waals surface area contributed by atoms with Gasteiger partial charge in [0.25, 0.3) is 0 Å². The average Bonchev–Trinajstić information content (AvgIpc) is 3.70. The molecule has 5 unspecified atom stereocenters. The van der Waals surface area contributed by atoms with Gasteiger partial charge in [0, 0.05) is 55.7 Å². The summed E-state index contributed by atoms with van der Waals surface area (Å²) in [5, 5.41) is 15.3. The van der Waals surface area contributed by atoms with Crippen molar-refractivity contribution in [2.75, 3.05) is 19.8 Å². The Morgan fingerprint density at radius 3 is 2.31 bits per heavy atom. The number of aliphatic hydroxyl groups is 1. The van der Waals surface area contributed by atoms with Gasteiger partial charge in [0.05, 0.1) is 18.2 Å². The number of carbonyl (C=O) groups is 6. The molecule has 3 aliphatic rings. The number of rotatable bonds is 22. The summed E-state index contributed by atoms with van der Waals surface area (Å²) in [5.74, 6) is -4.23. The second-order valence-electron chi connectivity index (χ2n) is 17.8. The Morgan fingerprint density at radius 1 is 0.984 bits per heavy atom. The number of nitrogens with one attached hydrogen (secondary N) is 2. The SMILES string of the molecule is CCCCCC1(CCCCC)OC2C=C(C(=O)NCCC(=O)NC(CO)CCC(=O)OC(C)(C)C)CC(OC(=O)c3cccc(C=CC(=O)OC4C(=O)OCC4(C)C)c3)C2O1. The van der Waals surface area contributed by atoms with Crippen LogP contribution in [0.4, 0.5) is 0 Å². The number of cyclic esters (lactones) is 1. The Balaban J connectivity index is 1.44. The van der Waals surface area contributed by atoms with Crippen molar-refractivity contribution in [3.63, 3.8) is 0 Å². The van der Waals surface area contributed by atoms with Gasteiger partial charge in [-0.15, -0.1) is 0 Å². The maximum absolute atomic E-state index is 13.8. The van der Waals surface area contributed by atoms with E-state index in [1.54, 1.807) is 65.0 Å². The molecule has 2 fully saturated rings. The molecule has 1 aromatic carbocycles. The highest BCUT2D eigenvalue weighted by molar-refractivity contribution is 5.95. The predicted octanol–water partition coefficient (Wildman–Crippen LogP) is 5.80. The average molecular weight is 855 g/mol. The lowest BCUT2D eigenvalue weighted by Gasteiger charge is -2.31. The molecule has 1 aliphatic carbocycles. The van der Waals surface area contributed by atoms with Crippen LogP contribution in [0.3, 0.4) is 0 Å². The maximum Gasteiger partial charge on any atom is 0.348 e. The lowest BCUT2D eigenvalue weighted by Crippen LogP contribution is -2.44. The van der Waals surface area contributed by atoms with Crippen molar-refractivity contribution < 1.29 is 62.3 Å². The normalized spacial score (nSPS) is 22.1. The topological polar surface area (TPSA) is 202 Å². The summed E-state index contributed by atoms with van der Waals surface area (Å²) in [4.78, 5) is 77.0. The van der Waals surface area contributed by atoms with Gasteiger partial charge in [-0.25, -0.2) is 14.4 Å². The largest absolute Gasteiger partial charge is 0.462 e. The van der Waals surface area contributed by atoms with Crippen LogP contribution in [-0.2, 0) is 52.4 Å². The van der Waals surface area contributed by atoms with Gasteiger partial charge >= 0.3 is 23.9 Å². The fourth-order valence-electron chi connectivity index (χ4n) is 7.43. The third-order valence-corrected chi connectivity index (χ3v) is 10.7. The first-order valence-corrected chi connectivity index (χ1v) is 21.7. The molecule has 3 N–H and O–H groups in total. The van der Waals surface area contributed by atoms with Crippen LogP contribution >= 0.6 is 0 Å². The molecule has 2 aliphatic heterocycles. The van der Waals surface area contributed by atoms with E-state index in [1.807, 2.05) is 0 Å². The molecule has 4 rings (SSSR count). The van der Waals surface area contributed by atoms with E-state index < -0.39 is 83.0 Å². The summed E-state index contributed by atoms with van der Waals surface area (Å²) in [6, 6.07) is 5.81. The summed E-state index contributed by atoms with van der Waals surface area (Å²) in [6.45, 7) is 12.8. The van der Waals surface area contributed by atoms with Gasteiger partial charge in [-0.2, -0.15) is 0 Å². The van der Waals surface area contributed by atoms with Gasteiger partial charge in [0.15, 0.2) is 5.79 Å². The quantitative estimate of drug-likeness (QED) is 0.0548. The molecule has 338 valence electrons. The zero-order valence-electron chi connectivity index (χ0n) is 36.9. The summed E-state index contributed by atoms with van der Waals surface area (Å²) < 4.78 is 35.3. The molecule has 2 heterocycles. The number of fused-ring (bicyclic) bond motifs is 1. The van der Waals surface area contributed by atoms with Crippen LogP contribution in [-0.4, -0.2) is 102 Å². The molecule has 61 heavy (non-hydrogen) atoms. The van der Waals surface area contributed by atoms with Crippen molar-refractivity contribution in [3.8, 4) is 0 Å². The fourth-order valence-corrected chi connectivity index (χ4v) is 7.43. The zero-order chi connectivity index (χ0) is 44.8. The Bertz CT molecular complexity index is 1750. The number of hydrogen-bond donors (Lipinski definition) is 3. The van der Waals surface area contributed by atoms with E-state index in [0.29, 0.717) is 24.0 Å². The van der Waals surface area contributed by atoms with Gasteiger partial charge in [-0.1, -0.05) is 65.5 Å². The Hall–Kier alpha value is -4.60. The monoisotopic (exact) mass is 854 g/mol. The molecule has 2 amide bonds. The molecule has 0 bridgehead atoms. The second-order valence-corrected chi connectivity index (χ2v) is 17.8. The highest BCUT2D eigenvalue weighted by Crippen LogP contribution is 2.43. The smallest absolute Gasteiger partial charge is 0.348 e. The van der Waals surface area contributed by atoms with Gasteiger partial charge in [0.2, 0.25) is 17.9 Å². The van der Waals surface area contributed by atoms with Crippen molar-refractivity contribution in [1.29, 1.82) is 0 Å². The van der Waals surface area contributed by atoms with Crippen molar-refractivity contribution in [2.45, 2.75) is 167 Å². The first-order valence-electron chi connectivity index (χ1n) is 21.7. The van der Waals surface area contributed by atoms with E-state index in [4.69, 9.17) is 28.4 Å². The number of carbonyl (C=O) groups excluding carboxylic acids is 6. The molecular weight excluding hydrogens is 789 g/mol. The zero-order valence-corrected chi connectivity index (χ0v) is 36.9. The summed E-state index contributed by atoms with van der Waals surface area (Å²) >= 11 is 0. The van der Waals surface area contributed by atoms with Crippen LogP contribution in [0.1, 0.15) is 141 Å². The third-order valence-electron chi connectivity index (χ3n) is 10.7. The van der Waals surface area contributed by atoms with Gasteiger partial charge in [0.1, 0.15) is 30.5 Å². The van der Waals surface area contributed by atoms with Crippen LogP contribution in [0.2, 0.25) is 0 Å². The first-order chi connectivity index (χ1) is 28.9. The van der Waals surface area contributed by atoms with Crippen LogP contribution in [0.25, 0.3) is 6.08 Å². The Kier molecular flexibility index (Phi) is 18.1. The highest BCUT2D eigenvalue weighted by Gasteiger charge is 2.52. The van der Waals surface area contributed by atoms with Gasteiger partial charge in [-0.05, 0) is 69.9 Å². The summed E-state index contributed by atoms with van der Waals surface area (Å²) in [5.41, 5.74) is -0.292. The van der Waals surface area contributed by atoms with Crippen LogP contribution < -0.4 is 10.6 Å². The Morgan fingerprint density at radius 2 is 1.69 bits per heavy atom. The molecule has 0 radical (unpaired) electrons. The lowest BCUT2D eigenvalue weighted by molar-refractivity contribution is -0.190. The standard InChI is InChI=1S/C46H66N2O13/c1-8-10-12-22-46(23-13-11-9-2)59-35-27-32(41(53)47-24-21-36(50)48-33(28-49)18-20-38(52)60-44(3,4)5)26-34(39(35)61-46)57-42(54)31-16-14-15-30(25-31)17-19-37(51)58-40-43(55)56-29-45(40,6)7/h14-17,19,25,27,33-35,39-40,49H,8-13,18,20-24,26,28-29H2,1-7H3,(H,47,53)(H,48,50). The molecule has 0 aromatic heterocycles. The molecule has 2 saturated heterocycles. The molecule has 1 aromatic rings. The van der Waals surface area contributed by atoms with E-state index in [-0.39, 0.29) is 51.0 Å². The lowest BCUT2D eigenvalue weighted by atomic mass is 9.90. The Labute approximate surface area is 359 Å². The predicted molar refractivity (Wildman–Crippen MR) is 224 cm³/mol. The van der Waals surface area contributed by atoms with Crippen molar-refractivity contribution in [2.24, 2.45) is 5.41 Å². The number of amides is 2. The minimum Gasteiger partial charge on any atom is -0.462 e. The molecule has 0 saturated carbocycles. The van der Waals surface area contributed by atoms with Crippen molar-refractivity contribution in [3.05, 3.63) is 53.1 Å². The molecule has 15 heteroatoms. The number of hydrogen-bond acceptors (Lipinski definition) is 13. The number of aliphatic hydroxyl groups excluding tert-OH is 1. The van der Waals surface area contributed by atoms with Gasteiger partial charge in [-0.3, -0.25) is 14.4 Å². The second kappa shape index (κ2) is 22.5. The number of esters is 4. The minimum absolute atomic E-state index is 0.0174. The third kappa shape index (κ3) is 15.1. The molecule has 5 atom stereocenters. The number of ether oxygens (including phenoxy) is 6. The fraction of sp³-hybridized carbons (Fsp3) is 0.652. The minimum atomic E-state index is -1.03. The summed E-state index contributed by atoms with van der Waals surface area (Å²) in [6.07, 6.45) is 8.25. The van der Waals surface area contributed by atoms with Crippen LogP contribution in [0.15, 0.2) is 42.0 Å². The van der Waals surface area contributed by atoms with Gasteiger partial charge < -0.3 is 44.2 Å². The van der Waals surface area contributed by atoms with E-state index in [9.17, 15) is 33.9 Å². The molecule has 0 spiro atoms.